The number of carbonyl (C=O) groups excluding carboxylic acids is 1. The van der Waals surface area contributed by atoms with Crippen molar-refractivity contribution in [3.05, 3.63) is 0 Å². The number of hydrogen-bond donors (Lipinski definition) is 0. The largest absolute Gasteiger partial charge is 0.462 e. The summed E-state index contributed by atoms with van der Waals surface area (Å²) >= 11 is 0. The Morgan fingerprint density at radius 1 is 1.23 bits per heavy atom. The summed E-state index contributed by atoms with van der Waals surface area (Å²) in [5.41, 5.74) is -2.43. The topological polar surface area (TPSA) is 26.3 Å². The molecular weight excluding hydrogens is 185 g/mol. The van der Waals surface area contributed by atoms with Crippen molar-refractivity contribution in [1.82, 2.24) is 0 Å². The van der Waals surface area contributed by atoms with Crippen LogP contribution in [0.2, 0.25) is 0 Å². The third-order valence-corrected chi connectivity index (χ3v) is 1.56. The Morgan fingerprint density at radius 2 is 1.62 bits per heavy atom. The number of esters is 1. The highest BCUT2D eigenvalue weighted by atomic mass is 19.4. The maximum atomic E-state index is 12.2. The first-order valence-corrected chi connectivity index (χ1v) is 3.87. The molecule has 78 valence electrons. The molecule has 0 saturated carbocycles. The fourth-order valence-corrected chi connectivity index (χ4v) is 0.477. The number of hydrogen-bond acceptors (Lipinski definition) is 2. The van der Waals surface area contributed by atoms with Gasteiger partial charge in [-0.15, -0.1) is 0 Å². The van der Waals surface area contributed by atoms with Crippen molar-refractivity contribution < 1.29 is 22.7 Å². The molecule has 13 heavy (non-hydrogen) atoms. The lowest BCUT2D eigenvalue weighted by Crippen LogP contribution is -2.41. The van der Waals surface area contributed by atoms with Gasteiger partial charge in [0.2, 0.25) is 0 Å². The first-order valence-electron chi connectivity index (χ1n) is 3.87. The molecule has 0 saturated heterocycles. The van der Waals surface area contributed by atoms with Crippen molar-refractivity contribution in [1.29, 1.82) is 0 Å². The number of alkyl halides is 3. The minimum Gasteiger partial charge on any atom is -0.462 e. The molecule has 0 heterocycles. The summed E-state index contributed by atoms with van der Waals surface area (Å²) in [6.45, 7) is 4.62. The molecule has 0 aliphatic rings. The molecule has 0 N–H and O–H groups in total. The lowest BCUT2D eigenvalue weighted by molar-refractivity contribution is -0.226. The SMILES string of the molecule is CC(C)OC(=O)C(C)(C)C(F)(F)F. The number of halogens is 3. The average Bonchev–Trinajstić information content (AvgIpc) is 1.82. The predicted molar refractivity (Wildman–Crippen MR) is 41.1 cm³/mol. The second kappa shape index (κ2) is 3.55. The van der Waals surface area contributed by atoms with Gasteiger partial charge in [-0.05, 0) is 27.7 Å². The smallest absolute Gasteiger partial charge is 0.404 e. The molecule has 0 radical (unpaired) electrons. The summed E-state index contributed by atoms with van der Waals surface area (Å²) in [5, 5.41) is 0. The predicted octanol–water partition coefficient (Wildman–Crippen LogP) is 2.53. The van der Waals surface area contributed by atoms with Gasteiger partial charge in [0.25, 0.3) is 0 Å². The van der Waals surface area contributed by atoms with Crippen LogP contribution in [-0.4, -0.2) is 18.2 Å². The lowest BCUT2D eigenvalue weighted by Gasteiger charge is -2.26. The van der Waals surface area contributed by atoms with Gasteiger partial charge in [0.1, 0.15) is 0 Å². The van der Waals surface area contributed by atoms with E-state index in [0.29, 0.717) is 0 Å². The zero-order chi connectivity index (χ0) is 10.9. The zero-order valence-corrected chi connectivity index (χ0v) is 8.03. The van der Waals surface area contributed by atoms with Crippen LogP contribution in [0.1, 0.15) is 27.7 Å². The van der Waals surface area contributed by atoms with Gasteiger partial charge in [-0.2, -0.15) is 13.2 Å². The van der Waals surface area contributed by atoms with Crippen molar-refractivity contribution in [3.8, 4) is 0 Å². The Morgan fingerprint density at radius 3 is 1.85 bits per heavy atom. The van der Waals surface area contributed by atoms with E-state index < -0.39 is 23.7 Å². The van der Waals surface area contributed by atoms with E-state index in [0.717, 1.165) is 13.8 Å². The summed E-state index contributed by atoms with van der Waals surface area (Å²) in [4.78, 5) is 11.0. The van der Waals surface area contributed by atoms with Crippen molar-refractivity contribution >= 4 is 5.97 Å². The molecule has 0 amide bonds. The summed E-state index contributed by atoms with van der Waals surface area (Å²) in [6, 6.07) is 0. The summed E-state index contributed by atoms with van der Waals surface area (Å²) in [5.74, 6) is -1.24. The Kier molecular flexibility index (Phi) is 3.35. The van der Waals surface area contributed by atoms with E-state index in [2.05, 4.69) is 4.74 Å². The number of ether oxygens (including phenoxy) is 1. The van der Waals surface area contributed by atoms with Crippen LogP contribution in [0.4, 0.5) is 13.2 Å². The highest BCUT2D eigenvalue weighted by Gasteiger charge is 2.54. The van der Waals surface area contributed by atoms with Crippen LogP contribution >= 0.6 is 0 Å². The second-order valence-electron chi connectivity index (χ2n) is 3.58. The van der Waals surface area contributed by atoms with Crippen molar-refractivity contribution in [2.24, 2.45) is 5.41 Å². The van der Waals surface area contributed by atoms with Gasteiger partial charge in [-0.1, -0.05) is 0 Å². The lowest BCUT2D eigenvalue weighted by atomic mass is 9.93. The average molecular weight is 198 g/mol. The van der Waals surface area contributed by atoms with Crippen molar-refractivity contribution in [3.63, 3.8) is 0 Å². The first-order chi connectivity index (χ1) is 5.59. The van der Waals surface area contributed by atoms with Gasteiger partial charge in [0.15, 0.2) is 5.41 Å². The van der Waals surface area contributed by atoms with E-state index in [1.54, 1.807) is 0 Å². The van der Waals surface area contributed by atoms with Crippen LogP contribution in [0.3, 0.4) is 0 Å². The van der Waals surface area contributed by atoms with Crippen LogP contribution < -0.4 is 0 Å². The molecule has 0 aromatic heterocycles. The van der Waals surface area contributed by atoms with E-state index in [4.69, 9.17) is 0 Å². The van der Waals surface area contributed by atoms with Gasteiger partial charge < -0.3 is 4.74 Å². The van der Waals surface area contributed by atoms with Crippen LogP contribution in [0, 0.1) is 5.41 Å². The number of rotatable bonds is 2. The van der Waals surface area contributed by atoms with E-state index >= 15 is 0 Å². The zero-order valence-electron chi connectivity index (χ0n) is 8.03. The second-order valence-corrected chi connectivity index (χ2v) is 3.58. The minimum absolute atomic E-state index is 0.533. The molecule has 0 spiro atoms. The van der Waals surface area contributed by atoms with Gasteiger partial charge in [-0.25, -0.2) is 0 Å². The minimum atomic E-state index is -4.57. The third kappa shape index (κ3) is 2.90. The molecule has 0 aliphatic heterocycles. The summed E-state index contributed by atoms with van der Waals surface area (Å²) < 4.78 is 41.2. The van der Waals surface area contributed by atoms with Gasteiger partial charge in [0.05, 0.1) is 6.10 Å². The van der Waals surface area contributed by atoms with Crippen molar-refractivity contribution in [2.75, 3.05) is 0 Å². The Bertz CT molecular complexity index is 194. The Labute approximate surface area is 75.1 Å². The van der Waals surface area contributed by atoms with Gasteiger partial charge in [-0.3, -0.25) is 4.79 Å². The molecule has 0 atom stereocenters. The third-order valence-electron chi connectivity index (χ3n) is 1.56. The number of carbonyl (C=O) groups is 1. The molecule has 5 heteroatoms. The van der Waals surface area contributed by atoms with Crippen molar-refractivity contribution in [2.45, 2.75) is 40.0 Å². The molecular formula is C8H13F3O2. The Balaban J connectivity index is 4.56. The quantitative estimate of drug-likeness (QED) is 0.637. The fourth-order valence-electron chi connectivity index (χ4n) is 0.477. The normalized spacial score (nSPS) is 13.2. The first kappa shape index (κ1) is 12.3. The van der Waals surface area contributed by atoms with Gasteiger partial charge in [0, 0.05) is 0 Å². The standard InChI is InChI=1S/C8H13F3O2/c1-5(2)13-6(12)7(3,4)8(9,10)11/h5H,1-4H3. The molecule has 2 nitrogen and oxygen atoms in total. The maximum Gasteiger partial charge on any atom is 0.404 e. The highest BCUT2D eigenvalue weighted by Crippen LogP contribution is 2.38. The monoisotopic (exact) mass is 198 g/mol. The highest BCUT2D eigenvalue weighted by molar-refractivity contribution is 5.77. The van der Waals surface area contributed by atoms with Crippen LogP contribution in [-0.2, 0) is 9.53 Å². The maximum absolute atomic E-state index is 12.2. The Hall–Kier alpha value is -0.740. The molecule has 0 unspecified atom stereocenters. The molecule has 0 bridgehead atoms. The van der Waals surface area contributed by atoms with E-state index in [1.165, 1.54) is 13.8 Å². The van der Waals surface area contributed by atoms with E-state index in [1.807, 2.05) is 0 Å². The van der Waals surface area contributed by atoms with Crippen LogP contribution in [0.5, 0.6) is 0 Å². The summed E-state index contributed by atoms with van der Waals surface area (Å²) in [6.07, 6.45) is -5.10. The molecule has 0 fully saturated rings. The molecule has 0 rings (SSSR count). The van der Waals surface area contributed by atoms with Gasteiger partial charge >= 0.3 is 12.1 Å². The summed E-state index contributed by atoms with van der Waals surface area (Å²) in [7, 11) is 0. The van der Waals surface area contributed by atoms with Crippen LogP contribution in [0.15, 0.2) is 0 Å². The molecule has 0 aromatic rings. The molecule has 0 aliphatic carbocycles. The molecule has 0 aromatic carbocycles. The fraction of sp³-hybridized carbons (Fsp3) is 0.875. The van der Waals surface area contributed by atoms with E-state index in [-0.39, 0.29) is 0 Å². The van der Waals surface area contributed by atoms with E-state index in [9.17, 15) is 18.0 Å². The van der Waals surface area contributed by atoms with Crippen LogP contribution in [0.25, 0.3) is 0 Å².